The smallest absolute Gasteiger partial charge is 0.119 e. The number of rotatable bonds is 1. The zero-order valence-corrected chi connectivity index (χ0v) is 11.5. The van der Waals surface area contributed by atoms with Gasteiger partial charge in [0.15, 0.2) is 0 Å². The summed E-state index contributed by atoms with van der Waals surface area (Å²) in [6.45, 7) is 2.18. The highest BCUT2D eigenvalue weighted by Gasteiger charge is 2.10. The molecule has 0 saturated heterocycles. The Bertz CT molecular complexity index is 950. The van der Waals surface area contributed by atoms with E-state index in [1.54, 1.807) is 7.11 Å². The molecule has 1 aromatic heterocycles. The number of ether oxygens (including phenoxy) is 1. The van der Waals surface area contributed by atoms with Crippen molar-refractivity contribution in [1.29, 1.82) is 0 Å². The van der Waals surface area contributed by atoms with Crippen LogP contribution >= 0.6 is 0 Å². The second-order valence-corrected chi connectivity index (χ2v) is 5.18. The number of nitrogens with one attached hydrogen (secondary N) is 1. The second kappa shape index (κ2) is 4.01. The van der Waals surface area contributed by atoms with Crippen LogP contribution in [0.15, 0.2) is 48.5 Å². The maximum atomic E-state index is 5.34. The third-order valence-electron chi connectivity index (χ3n) is 4.09. The number of benzene rings is 3. The number of H-pyrrole nitrogens is 1. The first-order valence-electron chi connectivity index (χ1n) is 6.76. The lowest BCUT2D eigenvalue weighted by atomic mass is 10.0. The third kappa shape index (κ3) is 1.45. The van der Waals surface area contributed by atoms with Crippen molar-refractivity contribution in [2.45, 2.75) is 6.92 Å². The van der Waals surface area contributed by atoms with Gasteiger partial charge in [-0.3, -0.25) is 0 Å². The number of methoxy groups -OCH3 is 1. The van der Waals surface area contributed by atoms with Gasteiger partial charge in [-0.2, -0.15) is 0 Å². The minimum absolute atomic E-state index is 0.893. The molecule has 3 aromatic carbocycles. The van der Waals surface area contributed by atoms with Gasteiger partial charge in [0, 0.05) is 16.3 Å². The first-order valence-corrected chi connectivity index (χ1v) is 6.76. The number of aryl methyl sites for hydroxylation is 1. The van der Waals surface area contributed by atoms with Gasteiger partial charge in [0.2, 0.25) is 0 Å². The molecule has 1 N–H and O–H groups in total. The molecule has 20 heavy (non-hydrogen) atoms. The van der Waals surface area contributed by atoms with Crippen molar-refractivity contribution in [3.05, 3.63) is 54.1 Å². The van der Waals surface area contributed by atoms with Gasteiger partial charge in [0.25, 0.3) is 0 Å². The van der Waals surface area contributed by atoms with E-state index in [2.05, 4.69) is 54.4 Å². The van der Waals surface area contributed by atoms with E-state index in [9.17, 15) is 0 Å². The molecule has 98 valence electrons. The van der Waals surface area contributed by atoms with Crippen LogP contribution in [-0.2, 0) is 0 Å². The molecule has 0 unspecified atom stereocenters. The molecule has 4 rings (SSSR count). The molecule has 0 atom stereocenters. The molecule has 0 fully saturated rings. The Hall–Kier alpha value is -2.48. The van der Waals surface area contributed by atoms with Crippen molar-refractivity contribution in [2.75, 3.05) is 7.11 Å². The van der Waals surface area contributed by atoms with E-state index in [0.717, 1.165) is 11.3 Å². The van der Waals surface area contributed by atoms with Gasteiger partial charge >= 0.3 is 0 Å². The fourth-order valence-electron chi connectivity index (χ4n) is 3.02. The summed E-state index contributed by atoms with van der Waals surface area (Å²) < 4.78 is 5.34. The fraction of sp³-hybridized carbons (Fsp3) is 0.111. The molecule has 0 spiro atoms. The molecule has 0 aliphatic heterocycles. The van der Waals surface area contributed by atoms with Crippen molar-refractivity contribution in [3.8, 4) is 5.75 Å². The van der Waals surface area contributed by atoms with Crippen molar-refractivity contribution in [2.24, 2.45) is 0 Å². The third-order valence-corrected chi connectivity index (χ3v) is 4.09. The monoisotopic (exact) mass is 261 g/mol. The summed E-state index contributed by atoms with van der Waals surface area (Å²) in [5.41, 5.74) is 3.67. The van der Waals surface area contributed by atoms with E-state index in [-0.39, 0.29) is 0 Å². The SMILES string of the molecule is COc1ccc2[nH]c3c(C)c4ccccc4cc3c2c1. The minimum Gasteiger partial charge on any atom is -0.497 e. The van der Waals surface area contributed by atoms with Crippen LogP contribution in [0.25, 0.3) is 32.6 Å². The highest BCUT2D eigenvalue weighted by atomic mass is 16.5. The molecule has 0 saturated carbocycles. The van der Waals surface area contributed by atoms with E-state index in [1.165, 1.54) is 32.6 Å². The first-order chi connectivity index (χ1) is 9.78. The summed E-state index contributed by atoms with van der Waals surface area (Å²) in [6.07, 6.45) is 0. The van der Waals surface area contributed by atoms with Gasteiger partial charge in [0.05, 0.1) is 12.6 Å². The summed E-state index contributed by atoms with van der Waals surface area (Å²) in [7, 11) is 1.71. The van der Waals surface area contributed by atoms with Crippen molar-refractivity contribution < 1.29 is 4.74 Å². The van der Waals surface area contributed by atoms with Gasteiger partial charge in [0.1, 0.15) is 5.75 Å². The number of hydrogen-bond acceptors (Lipinski definition) is 1. The zero-order chi connectivity index (χ0) is 13.7. The van der Waals surface area contributed by atoms with Crippen LogP contribution < -0.4 is 4.74 Å². The van der Waals surface area contributed by atoms with Gasteiger partial charge in [-0.25, -0.2) is 0 Å². The Morgan fingerprint density at radius 3 is 2.60 bits per heavy atom. The number of aromatic nitrogens is 1. The first kappa shape index (κ1) is 11.4. The maximum absolute atomic E-state index is 5.34. The van der Waals surface area contributed by atoms with E-state index in [1.807, 2.05) is 6.07 Å². The minimum atomic E-state index is 0.893. The zero-order valence-electron chi connectivity index (χ0n) is 11.5. The average Bonchev–Trinajstić information content (AvgIpc) is 2.86. The standard InChI is InChI=1S/C18H15NO/c1-11-14-6-4-3-5-12(14)9-16-15-10-13(20-2)7-8-17(15)19-18(11)16/h3-10,19H,1-2H3. The molecule has 0 aliphatic carbocycles. The Kier molecular flexibility index (Phi) is 2.27. The molecule has 4 aromatic rings. The van der Waals surface area contributed by atoms with Gasteiger partial charge in [-0.1, -0.05) is 24.3 Å². The van der Waals surface area contributed by atoms with Crippen LogP contribution in [0.1, 0.15) is 5.56 Å². The van der Waals surface area contributed by atoms with Crippen molar-refractivity contribution >= 4 is 32.6 Å². The Morgan fingerprint density at radius 2 is 1.75 bits per heavy atom. The highest BCUT2D eigenvalue weighted by Crippen LogP contribution is 2.34. The second-order valence-electron chi connectivity index (χ2n) is 5.18. The largest absolute Gasteiger partial charge is 0.497 e. The summed E-state index contributed by atoms with van der Waals surface area (Å²) in [4.78, 5) is 3.53. The number of fused-ring (bicyclic) bond motifs is 4. The lowest BCUT2D eigenvalue weighted by molar-refractivity contribution is 0.415. The Labute approximate surface area is 117 Å². The lowest BCUT2D eigenvalue weighted by Gasteiger charge is -2.04. The molecular formula is C18H15NO. The summed E-state index contributed by atoms with van der Waals surface area (Å²) in [5, 5.41) is 5.06. The molecular weight excluding hydrogens is 246 g/mol. The van der Waals surface area contributed by atoms with E-state index in [0.29, 0.717) is 0 Å². The predicted octanol–water partition coefficient (Wildman–Crippen LogP) is 4.79. The normalized spacial score (nSPS) is 11.5. The van der Waals surface area contributed by atoms with Crippen LogP contribution in [0, 0.1) is 6.92 Å². The molecule has 0 amide bonds. The van der Waals surface area contributed by atoms with Crippen LogP contribution in [-0.4, -0.2) is 12.1 Å². The summed E-state index contributed by atoms with van der Waals surface area (Å²) in [5.74, 6) is 0.893. The van der Waals surface area contributed by atoms with E-state index < -0.39 is 0 Å². The lowest BCUT2D eigenvalue weighted by Crippen LogP contribution is -1.81. The highest BCUT2D eigenvalue weighted by molar-refractivity contribution is 6.14. The van der Waals surface area contributed by atoms with Crippen LogP contribution in [0.4, 0.5) is 0 Å². The van der Waals surface area contributed by atoms with Crippen LogP contribution in [0.3, 0.4) is 0 Å². The molecule has 2 heteroatoms. The Morgan fingerprint density at radius 1 is 0.900 bits per heavy atom. The topological polar surface area (TPSA) is 25.0 Å². The van der Waals surface area contributed by atoms with Gasteiger partial charge in [-0.05, 0) is 47.5 Å². The Balaban J connectivity index is 2.23. The molecule has 1 heterocycles. The quantitative estimate of drug-likeness (QED) is 0.523. The van der Waals surface area contributed by atoms with Crippen LogP contribution in [0.2, 0.25) is 0 Å². The summed E-state index contributed by atoms with van der Waals surface area (Å²) >= 11 is 0. The maximum Gasteiger partial charge on any atom is 0.119 e. The van der Waals surface area contributed by atoms with E-state index >= 15 is 0 Å². The van der Waals surface area contributed by atoms with Crippen molar-refractivity contribution in [3.63, 3.8) is 0 Å². The molecule has 2 nitrogen and oxygen atoms in total. The molecule has 0 radical (unpaired) electrons. The van der Waals surface area contributed by atoms with Crippen LogP contribution in [0.5, 0.6) is 5.75 Å². The fourth-order valence-corrected chi connectivity index (χ4v) is 3.02. The number of hydrogen-bond donors (Lipinski definition) is 1. The average molecular weight is 261 g/mol. The predicted molar refractivity (Wildman–Crippen MR) is 84.6 cm³/mol. The summed E-state index contributed by atoms with van der Waals surface area (Å²) in [6, 6.07) is 17.0. The van der Waals surface area contributed by atoms with Crippen molar-refractivity contribution in [1.82, 2.24) is 4.98 Å². The van der Waals surface area contributed by atoms with Gasteiger partial charge < -0.3 is 9.72 Å². The molecule has 0 aliphatic rings. The van der Waals surface area contributed by atoms with Gasteiger partial charge in [-0.15, -0.1) is 0 Å². The molecule has 0 bridgehead atoms. The van der Waals surface area contributed by atoms with E-state index in [4.69, 9.17) is 4.74 Å². The number of aromatic amines is 1.